The highest BCUT2D eigenvalue weighted by molar-refractivity contribution is 5.26. The van der Waals surface area contributed by atoms with Crippen LogP contribution in [0.25, 0.3) is 0 Å². The first kappa shape index (κ1) is 9.48. The topological polar surface area (TPSA) is 59.1 Å². The Labute approximate surface area is 79.6 Å². The van der Waals surface area contributed by atoms with Crippen molar-refractivity contribution in [3.63, 3.8) is 0 Å². The van der Waals surface area contributed by atoms with Crippen LogP contribution in [0.5, 0.6) is 0 Å². The number of hydrogen-bond acceptors (Lipinski definition) is 3. The Morgan fingerprint density at radius 3 is 2.29 bits per heavy atom. The molecule has 0 amide bonds. The third-order valence-electron chi connectivity index (χ3n) is 2.52. The van der Waals surface area contributed by atoms with Crippen LogP contribution in [0.15, 0.2) is 12.4 Å². The molecule has 1 aromatic rings. The van der Waals surface area contributed by atoms with Gasteiger partial charge in [-0.15, -0.1) is 0 Å². The van der Waals surface area contributed by atoms with E-state index in [0.717, 1.165) is 12.4 Å². The number of hydrogen-bond donors (Lipinski definition) is 2. The van der Waals surface area contributed by atoms with Gasteiger partial charge in [0.1, 0.15) is 0 Å². The van der Waals surface area contributed by atoms with Crippen LogP contribution in [0.2, 0.25) is 0 Å². The quantitative estimate of drug-likeness (QED) is 0.700. The molecule has 0 radical (unpaired) electrons. The maximum absolute atomic E-state index is 13.2. The van der Waals surface area contributed by atoms with E-state index < -0.39 is 17.2 Å². The second-order valence-corrected chi connectivity index (χ2v) is 3.68. The number of pyridine rings is 1. The molecule has 1 fully saturated rings. The van der Waals surface area contributed by atoms with Crippen LogP contribution in [-0.4, -0.2) is 16.1 Å². The van der Waals surface area contributed by atoms with Crippen LogP contribution in [0, 0.1) is 11.6 Å². The Kier molecular flexibility index (Phi) is 2.01. The summed E-state index contributed by atoms with van der Waals surface area (Å²) in [4.78, 5) is 3.34. The Hall–Kier alpha value is -1.07. The summed E-state index contributed by atoms with van der Waals surface area (Å²) in [5.41, 5.74) is 3.71. The number of aliphatic hydroxyl groups is 1. The zero-order chi connectivity index (χ0) is 10.3. The fourth-order valence-electron chi connectivity index (χ4n) is 1.87. The molecule has 5 heteroatoms. The number of halogens is 2. The average Bonchev–Trinajstić information content (AvgIpc) is 2.00. The van der Waals surface area contributed by atoms with Crippen molar-refractivity contribution in [1.29, 1.82) is 0 Å². The van der Waals surface area contributed by atoms with Crippen LogP contribution in [0.1, 0.15) is 18.4 Å². The van der Waals surface area contributed by atoms with Gasteiger partial charge in [0.2, 0.25) is 0 Å². The fourth-order valence-corrected chi connectivity index (χ4v) is 1.87. The van der Waals surface area contributed by atoms with Gasteiger partial charge in [-0.1, -0.05) is 0 Å². The standard InChI is InChI=1S/C9H10F2N2O/c10-6-3-13-4-7(11)8(6)9(14)1-5(12)2-9/h3-5,14H,1-2,12H2. The summed E-state index contributed by atoms with van der Waals surface area (Å²) in [6.45, 7) is 0. The predicted molar refractivity (Wildman–Crippen MR) is 45.3 cm³/mol. The minimum atomic E-state index is -1.45. The lowest BCUT2D eigenvalue weighted by Gasteiger charge is -2.42. The molecule has 0 aromatic carbocycles. The highest BCUT2D eigenvalue weighted by Crippen LogP contribution is 2.42. The molecular weight excluding hydrogens is 190 g/mol. The first-order valence-corrected chi connectivity index (χ1v) is 4.30. The molecule has 0 unspecified atom stereocenters. The van der Waals surface area contributed by atoms with Gasteiger partial charge in [0.25, 0.3) is 0 Å². The summed E-state index contributed by atoms with van der Waals surface area (Å²) in [5, 5.41) is 9.83. The van der Waals surface area contributed by atoms with Gasteiger partial charge in [0, 0.05) is 6.04 Å². The van der Waals surface area contributed by atoms with E-state index in [4.69, 9.17) is 5.73 Å². The van der Waals surface area contributed by atoms with E-state index in [1.807, 2.05) is 0 Å². The zero-order valence-electron chi connectivity index (χ0n) is 7.37. The Morgan fingerprint density at radius 1 is 1.36 bits per heavy atom. The third-order valence-corrected chi connectivity index (χ3v) is 2.52. The maximum atomic E-state index is 13.2. The summed E-state index contributed by atoms with van der Waals surface area (Å²) < 4.78 is 26.4. The summed E-state index contributed by atoms with van der Waals surface area (Å²) >= 11 is 0. The van der Waals surface area contributed by atoms with Crippen LogP contribution in [0.3, 0.4) is 0 Å². The smallest absolute Gasteiger partial charge is 0.150 e. The molecule has 76 valence electrons. The summed E-state index contributed by atoms with van der Waals surface area (Å²) in [6, 6.07) is -0.188. The van der Waals surface area contributed by atoms with Crippen molar-refractivity contribution in [3.8, 4) is 0 Å². The van der Waals surface area contributed by atoms with Crippen molar-refractivity contribution >= 4 is 0 Å². The lowest BCUT2D eigenvalue weighted by molar-refractivity contribution is -0.0579. The van der Waals surface area contributed by atoms with Crippen molar-refractivity contribution in [3.05, 3.63) is 29.6 Å². The van der Waals surface area contributed by atoms with Crippen molar-refractivity contribution in [2.75, 3.05) is 0 Å². The van der Waals surface area contributed by atoms with E-state index in [9.17, 15) is 13.9 Å². The van der Waals surface area contributed by atoms with Gasteiger partial charge in [0.05, 0.1) is 23.6 Å². The lowest BCUT2D eigenvalue weighted by atomic mass is 9.71. The molecule has 14 heavy (non-hydrogen) atoms. The van der Waals surface area contributed by atoms with E-state index in [1.54, 1.807) is 0 Å². The van der Waals surface area contributed by atoms with E-state index >= 15 is 0 Å². The molecule has 1 heterocycles. The molecule has 0 bridgehead atoms. The molecule has 0 atom stereocenters. The second kappa shape index (κ2) is 2.96. The Morgan fingerprint density at radius 2 is 1.86 bits per heavy atom. The molecule has 1 aliphatic carbocycles. The first-order valence-electron chi connectivity index (χ1n) is 4.30. The van der Waals surface area contributed by atoms with Gasteiger partial charge < -0.3 is 10.8 Å². The second-order valence-electron chi connectivity index (χ2n) is 3.68. The van der Waals surface area contributed by atoms with Gasteiger partial charge in [-0.3, -0.25) is 4.98 Å². The largest absolute Gasteiger partial charge is 0.385 e. The van der Waals surface area contributed by atoms with E-state index in [2.05, 4.69) is 4.98 Å². The summed E-state index contributed by atoms with van der Waals surface area (Å²) in [7, 11) is 0. The van der Waals surface area contributed by atoms with E-state index in [-0.39, 0.29) is 24.4 Å². The van der Waals surface area contributed by atoms with Crippen molar-refractivity contribution in [2.45, 2.75) is 24.5 Å². The van der Waals surface area contributed by atoms with E-state index in [1.165, 1.54) is 0 Å². The van der Waals surface area contributed by atoms with Crippen molar-refractivity contribution in [1.82, 2.24) is 4.98 Å². The molecule has 1 saturated carbocycles. The monoisotopic (exact) mass is 200 g/mol. The highest BCUT2D eigenvalue weighted by atomic mass is 19.1. The van der Waals surface area contributed by atoms with Gasteiger partial charge in [-0.05, 0) is 12.8 Å². The number of nitrogens with two attached hydrogens (primary N) is 1. The lowest BCUT2D eigenvalue weighted by Crippen LogP contribution is -2.50. The molecule has 1 aliphatic rings. The van der Waals surface area contributed by atoms with Gasteiger partial charge in [-0.2, -0.15) is 0 Å². The van der Waals surface area contributed by atoms with Crippen LogP contribution < -0.4 is 5.73 Å². The molecule has 0 aliphatic heterocycles. The van der Waals surface area contributed by atoms with Crippen LogP contribution in [0.4, 0.5) is 8.78 Å². The van der Waals surface area contributed by atoms with E-state index in [0.29, 0.717) is 0 Å². The highest BCUT2D eigenvalue weighted by Gasteiger charge is 2.45. The zero-order valence-corrected chi connectivity index (χ0v) is 7.37. The third kappa shape index (κ3) is 1.29. The number of nitrogens with zero attached hydrogens (tertiary/aromatic N) is 1. The van der Waals surface area contributed by atoms with Crippen molar-refractivity contribution < 1.29 is 13.9 Å². The molecule has 0 spiro atoms. The van der Waals surface area contributed by atoms with Crippen LogP contribution >= 0.6 is 0 Å². The van der Waals surface area contributed by atoms with Crippen molar-refractivity contribution in [2.24, 2.45) is 5.73 Å². The normalized spacial score (nSPS) is 31.3. The average molecular weight is 200 g/mol. The van der Waals surface area contributed by atoms with Gasteiger partial charge in [0.15, 0.2) is 11.6 Å². The Bertz CT molecular complexity index is 344. The summed E-state index contributed by atoms with van der Waals surface area (Å²) in [6.07, 6.45) is 2.15. The molecule has 2 rings (SSSR count). The predicted octanol–water partition coefficient (Wildman–Crippen LogP) is 0.668. The molecule has 3 N–H and O–H groups in total. The van der Waals surface area contributed by atoms with Crippen LogP contribution in [-0.2, 0) is 5.60 Å². The van der Waals surface area contributed by atoms with Gasteiger partial charge in [-0.25, -0.2) is 8.78 Å². The molecular formula is C9H10F2N2O. The summed E-state index contributed by atoms with van der Waals surface area (Å²) in [5.74, 6) is -1.64. The van der Waals surface area contributed by atoms with Gasteiger partial charge >= 0.3 is 0 Å². The first-order chi connectivity index (χ1) is 6.53. The minimum Gasteiger partial charge on any atom is -0.385 e. The maximum Gasteiger partial charge on any atom is 0.150 e. The molecule has 0 saturated heterocycles. The Balaban J connectivity index is 2.41. The number of rotatable bonds is 1. The number of aromatic nitrogens is 1. The molecule has 3 nitrogen and oxygen atoms in total. The fraction of sp³-hybridized carbons (Fsp3) is 0.444. The minimum absolute atomic E-state index is 0.185. The molecule has 1 aromatic heterocycles. The SMILES string of the molecule is NC1CC(O)(c2c(F)cncc2F)C1.